The summed E-state index contributed by atoms with van der Waals surface area (Å²) in [6.45, 7) is 2.90. The number of pyridine rings is 1. The zero-order valence-electron chi connectivity index (χ0n) is 9.52. The smallest absolute Gasteiger partial charge is 0.150 e. The Morgan fingerprint density at radius 2 is 2.24 bits per heavy atom. The van der Waals surface area contributed by atoms with E-state index in [1.54, 1.807) is 18.3 Å². The van der Waals surface area contributed by atoms with Crippen LogP contribution in [0.15, 0.2) is 30.9 Å². The van der Waals surface area contributed by atoms with E-state index >= 15 is 0 Å². The minimum Gasteiger partial charge on any atom is -0.370 e. The molecular formula is C12H13FN4. The van der Waals surface area contributed by atoms with Gasteiger partial charge in [0, 0.05) is 24.4 Å². The zero-order valence-corrected chi connectivity index (χ0v) is 9.52. The van der Waals surface area contributed by atoms with E-state index in [1.165, 1.54) is 12.5 Å². The van der Waals surface area contributed by atoms with Gasteiger partial charge in [0.1, 0.15) is 12.1 Å². The molecule has 0 aliphatic carbocycles. The number of anilines is 1. The summed E-state index contributed by atoms with van der Waals surface area (Å²) in [5.74, 6) is 0.320. The van der Waals surface area contributed by atoms with E-state index in [-0.39, 0.29) is 5.82 Å². The molecule has 0 aliphatic heterocycles. The van der Waals surface area contributed by atoms with Gasteiger partial charge < -0.3 is 5.32 Å². The van der Waals surface area contributed by atoms with E-state index in [2.05, 4.69) is 27.2 Å². The number of aromatic nitrogens is 3. The first-order chi connectivity index (χ1) is 8.31. The van der Waals surface area contributed by atoms with Crippen LogP contribution in [0.4, 0.5) is 10.2 Å². The Morgan fingerprint density at radius 1 is 1.35 bits per heavy atom. The summed E-state index contributed by atoms with van der Waals surface area (Å²) in [4.78, 5) is 11.8. The highest BCUT2D eigenvalue weighted by Gasteiger charge is 2.06. The molecule has 0 bridgehead atoms. The normalized spacial score (nSPS) is 10.2. The van der Waals surface area contributed by atoms with Crippen molar-refractivity contribution in [3.05, 3.63) is 36.7 Å². The van der Waals surface area contributed by atoms with E-state index < -0.39 is 0 Å². The second-order valence-electron chi connectivity index (χ2n) is 3.57. The molecule has 0 aliphatic rings. The molecule has 0 aromatic carbocycles. The molecule has 0 atom stereocenters. The fraction of sp³-hybridized carbons (Fsp3) is 0.250. The monoisotopic (exact) mass is 232 g/mol. The number of hydrogen-bond acceptors (Lipinski definition) is 4. The largest absolute Gasteiger partial charge is 0.370 e. The second kappa shape index (κ2) is 5.34. The maximum absolute atomic E-state index is 13.5. The zero-order chi connectivity index (χ0) is 12.1. The van der Waals surface area contributed by atoms with E-state index in [4.69, 9.17) is 0 Å². The fourth-order valence-electron chi connectivity index (χ4n) is 1.44. The minimum atomic E-state index is -0.382. The van der Waals surface area contributed by atoms with Crippen LogP contribution in [-0.4, -0.2) is 21.5 Å². The van der Waals surface area contributed by atoms with Gasteiger partial charge in [-0.25, -0.2) is 14.4 Å². The number of nitrogens with one attached hydrogen (secondary N) is 1. The molecule has 2 aromatic heterocycles. The molecule has 1 N–H and O–H groups in total. The van der Waals surface area contributed by atoms with Gasteiger partial charge >= 0.3 is 0 Å². The standard InChI is InChI=1S/C12H13FN4/c1-2-4-15-12-6-11(16-8-17-12)9-3-5-14-7-10(9)13/h3,5-8H,2,4H2,1H3,(H,15,16,17). The van der Waals surface area contributed by atoms with Gasteiger partial charge in [-0.3, -0.25) is 4.98 Å². The highest BCUT2D eigenvalue weighted by atomic mass is 19.1. The Hall–Kier alpha value is -2.04. The lowest BCUT2D eigenvalue weighted by atomic mass is 10.2. The van der Waals surface area contributed by atoms with Crippen molar-refractivity contribution in [2.45, 2.75) is 13.3 Å². The maximum Gasteiger partial charge on any atom is 0.150 e. The summed E-state index contributed by atoms with van der Waals surface area (Å²) in [5.41, 5.74) is 0.987. The summed E-state index contributed by atoms with van der Waals surface area (Å²) in [6, 6.07) is 3.33. The lowest BCUT2D eigenvalue weighted by molar-refractivity contribution is 0.624. The quantitative estimate of drug-likeness (QED) is 0.879. The summed E-state index contributed by atoms with van der Waals surface area (Å²) >= 11 is 0. The second-order valence-corrected chi connectivity index (χ2v) is 3.57. The van der Waals surface area contributed by atoms with Crippen molar-refractivity contribution < 1.29 is 4.39 Å². The van der Waals surface area contributed by atoms with Gasteiger partial charge in [-0.1, -0.05) is 6.92 Å². The molecular weight excluding hydrogens is 219 g/mol. The highest BCUT2D eigenvalue weighted by molar-refractivity contribution is 5.62. The highest BCUT2D eigenvalue weighted by Crippen LogP contribution is 2.20. The molecule has 2 aromatic rings. The van der Waals surface area contributed by atoms with Crippen LogP contribution in [0.3, 0.4) is 0 Å². The van der Waals surface area contributed by atoms with Gasteiger partial charge in [0.2, 0.25) is 0 Å². The average molecular weight is 232 g/mol. The lowest BCUT2D eigenvalue weighted by Crippen LogP contribution is -2.02. The fourth-order valence-corrected chi connectivity index (χ4v) is 1.44. The Labute approximate surface area is 99.0 Å². The molecule has 5 heteroatoms. The van der Waals surface area contributed by atoms with Gasteiger partial charge in [0.05, 0.1) is 11.9 Å². The minimum absolute atomic E-state index is 0.382. The van der Waals surface area contributed by atoms with Crippen LogP contribution < -0.4 is 5.32 Å². The van der Waals surface area contributed by atoms with E-state index in [1.807, 2.05) is 0 Å². The van der Waals surface area contributed by atoms with E-state index in [0.717, 1.165) is 13.0 Å². The molecule has 0 saturated carbocycles. The first-order valence-corrected chi connectivity index (χ1v) is 5.47. The molecule has 4 nitrogen and oxygen atoms in total. The molecule has 88 valence electrons. The van der Waals surface area contributed by atoms with Crippen LogP contribution in [0.25, 0.3) is 11.3 Å². The Bertz CT molecular complexity index is 501. The van der Waals surface area contributed by atoms with Crippen molar-refractivity contribution in [3.8, 4) is 11.3 Å². The molecule has 0 unspecified atom stereocenters. The number of nitrogens with zero attached hydrogens (tertiary/aromatic N) is 3. The van der Waals surface area contributed by atoms with Crippen molar-refractivity contribution in [2.75, 3.05) is 11.9 Å². The third-order valence-corrected chi connectivity index (χ3v) is 2.27. The van der Waals surface area contributed by atoms with Gasteiger partial charge in [-0.05, 0) is 12.5 Å². The van der Waals surface area contributed by atoms with Gasteiger partial charge in [-0.2, -0.15) is 0 Å². The van der Waals surface area contributed by atoms with Crippen LogP contribution in [0, 0.1) is 5.82 Å². The summed E-state index contributed by atoms with van der Waals surface area (Å²) < 4.78 is 13.5. The van der Waals surface area contributed by atoms with Crippen molar-refractivity contribution in [1.29, 1.82) is 0 Å². The van der Waals surface area contributed by atoms with Crippen LogP contribution in [-0.2, 0) is 0 Å². The van der Waals surface area contributed by atoms with Crippen LogP contribution in [0.1, 0.15) is 13.3 Å². The van der Waals surface area contributed by atoms with E-state index in [0.29, 0.717) is 17.1 Å². The molecule has 17 heavy (non-hydrogen) atoms. The summed E-state index contributed by atoms with van der Waals surface area (Å²) in [5, 5.41) is 3.13. The van der Waals surface area contributed by atoms with Crippen LogP contribution >= 0.6 is 0 Å². The molecule has 2 heterocycles. The van der Waals surface area contributed by atoms with Crippen molar-refractivity contribution >= 4 is 5.82 Å². The van der Waals surface area contributed by atoms with Crippen molar-refractivity contribution in [1.82, 2.24) is 15.0 Å². The molecule has 0 saturated heterocycles. The Kier molecular flexibility index (Phi) is 3.59. The average Bonchev–Trinajstić information content (AvgIpc) is 2.37. The first kappa shape index (κ1) is 11.4. The Morgan fingerprint density at radius 3 is 3.00 bits per heavy atom. The van der Waals surface area contributed by atoms with Gasteiger partial charge in [0.25, 0.3) is 0 Å². The summed E-state index contributed by atoms with van der Waals surface area (Å²) in [7, 11) is 0. The predicted molar refractivity (Wildman–Crippen MR) is 64.0 cm³/mol. The molecule has 0 spiro atoms. The number of halogens is 1. The topological polar surface area (TPSA) is 50.7 Å². The van der Waals surface area contributed by atoms with Crippen LogP contribution in [0.2, 0.25) is 0 Å². The van der Waals surface area contributed by atoms with Crippen molar-refractivity contribution in [3.63, 3.8) is 0 Å². The molecule has 0 radical (unpaired) electrons. The lowest BCUT2D eigenvalue weighted by Gasteiger charge is -2.06. The molecule has 0 amide bonds. The number of hydrogen-bond donors (Lipinski definition) is 1. The summed E-state index contributed by atoms with van der Waals surface area (Å²) in [6.07, 6.45) is 5.15. The third kappa shape index (κ3) is 2.75. The molecule has 0 fully saturated rings. The third-order valence-electron chi connectivity index (χ3n) is 2.27. The maximum atomic E-state index is 13.5. The van der Waals surface area contributed by atoms with Gasteiger partial charge in [0.15, 0.2) is 5.82 Å². The van der Waals surface area contributed by atoms with Crippen LogP contribution in [0.5, 0.6) is 0 Å². The SMILES string of the molecule is CCCNc1cc(-c2ccncc2F)ncn1. The van der Waals surface area contributed by atoms with E-state index in [9.17, 15) is 4.39 Å². The van der Waals surface area contributed by atoms with Crippen molar-refractivity contribution in [2.24, 2.45) is 0 Å². The first-order valence-electron chi connectivity index (χ1n) is 5.47. The Balaban J connectivity index is 2.30. The molecule has 2 rings (SSSR count). The van der Waals surface area contributed by atoms with Gasteiger partial charge in [-0.15, -0.1) is 0 Å². The number of rotatable bonds is 4. The predicted octanol–water partition coefficient (Wildman–Crippen LogP) is 2.50.